The van der Waals surface area contributed by atoms with Gasteiger partial charge >= 0.3 is 0 Å². The first-order valence-electron chi connectivity index (χ1n) is 7.78. The molecule has 0 saturated carbocycles. The van der Waals surface area contributed by atoms with E-state index in [0.29, 0.717) is 28.4 Å². The van der Waals surface area contributed by atoms with E-state index in [9.17, 15) is 9.59 Å². The van der Waals surface area contributed by atoms with Crippen molar-refractivity contribution in [1.29, 1.82) is 0 Å². The topological polar surface area (TPSA) is 113 Å². The Morgan fingerprint density at radius 3 is 2.50 bits per heavy atom. The fraction of sp³-hybridized carbons (Fsp3) is 0.176. The number of amides is 2. The summed E-state index contributed by atoms with van der Waals surface area (Å²) < 4.78 is 5.30. The summed E-state index contributed by atoms with van der Waals surface area (Å²) in [5.74, 6) is 1.02. The summed E-state index contributed by atoms with van der Waals surface area (Å²) in [4.78, 5) is 28.2. The average molecular weight is 371 g/mol. The number of carbonyl (C=O) groups is 2. The number of hydrogen-bond donors (Lipinski definition) is 3. The fourth-order valence-corrected chi connectivity index (χ4v) is 3.01. The molecular weight excluding hydrogens is 354 g/mol. The van der Waals surface area contributed by atoms with Crippen LogP contribution in [0.2, 0.25) is 0 Å². The third-order valence-electron chi connectivity index (χ3n) is 3.56. The lowest BCUT2D eigenvalue weighted by atomic mass is 10.1. The molecule has 0 atom stereocenters. The Labute approximate surface area is 153 Å². The van der Waals surface area contributed by atoms with Crippen LogP contribution in [0, 0.1) is 13.8 Å². The van der Waals surface area contributed by atoms with Crippen LogP contribution in [-0.2, 0) is 5.75 Å². The number of nitrogens with zero attached hydrogens (tertiary/aromatic N) is 2. The summed E-state index contributed by atoms with van der Waals surface area (Å²) in [5.41, 5.74) is 6.66. The fourth-order valence-electron chi connectivity index (χ4n) is 2.28. The van der Waals surface area contributed by atoms with Gasteiger partial charge in [0.2, 0.25) is 0 Å². The number of aromatic nitrogens is 3. The number of aryl methyl sites for hydroxylation is 2. The Morgan fingerprint density at radius 2 is 1.88 bits per heavy atom. The van der Waals surface area contributed by atoms with E-state index in [1.165, 1.54) is 18.1 Å². The van der Waals surface area contributed by atoms with E-state index in [-0.39, 0.29) is 0 Å². The van der Waals surface area contributed by atoms with Crippen molar-refractivity contribution in [2.75, 3.05) is 0 Å². The number of hydrogen-bond acceptors (Lipinski definition) is 6. The van der Waals surface area contributed by atoms with Crippen molar-refractivity contribution in [3.8, 4) is 0 Å². The molecule has 2 amide bonds. The number of hydrazine groups is 1. The van der Waals surface area contributed by atoms with Crippen LogP contribution in [0.15, 0.2) is 46.2 Å². The second kappa shape index (κ2) is 7.87. The van der Waals surface area contributed by atoms with E-state index in [1.54, 1.807) is 32.0 Å². The highest BCUT2D eigenvalue weighted by molar-refractivity contribution is 7.98. The highest BCUT2D eigenvalue weighted by atomic mass is 32.2. The lowest BCUT2D eigenvalue weighted by Gasteiger charge is -2.07. The van der Waals surface area contributed by atoms with Crippen LogP contribution >= 0.6 is 11.8 Å². The molecule has 26 heavy (non-hydrogen) atoms. The smallest absolute Gasteiger partial charge is 0.273 e. The van der Waals surface area contributed by atoms with Gasteiger partial charge in [-0.05, 0) is 37.6 Å². The highest BCUT2D eigenvalue weighted by Crippen LogP contribution is 2.18. The van der Waals surface area contributed by atoms with E-state index in [2.05, 4.69) is 26.0 Å². The summed E-state index contributed by atoms with van der Waals surface area (Å²) >= 11 is 1.51. The quantitative estimate of drug-likeness (QED) is 0.469. The maximum atomic E-state index is 12.1. The minimum absolute atomic E-state index is 0.391. The Balaban J connectivity index is 1.53. The van der Waals surface area contributed by atoms with Crippen LogP contribution in [0.4, 0.5) is 0 Å². The maximum absolute atomic E-state index is 12.1. The van der Waals surface area contributed by atoms with Crippen molar-refractivity contribution in [3.05, 3.63) is 64.9 Å². The van der Waals surface area contributed by atoms with Gasteiger partial charge in [0.1, 0.15) is 17.8 Å². The normalized spacial score (nSPS) is 10.5. The SMILES string of the molecule is Cc1cc(C(=O)NNC(=O)c2ccc(CSc3ncn[nH]3)cc2)c(C)o1. The molecule has 0 unspecified atom stereocenters. The molecule has 3 N–H and O–H groups in total. The predicted octanol–water partition coefficient (Wildman–Crippen LogP) is 2.38. The molecule has 0 saturated heterocycles. The number of furan rings is 1. The van der Waals surface area contributed by atoms with E-state index in [1.807, 2.05) is 12.1 Å². The largest absolute Gasteiger partial charge is 0.466 e. The Morgan fingerprint density at radius 1 is 1.15 bits per heavy atom. The number of benzene rings is 1. The number of carbonyl (C=O) groups excluding carboxylic acids is 2. The minimum Gasteiger partial charge on any atom is -0.466 e. The number of thioether (sulfide) groups is 1. The average Bonchev–Trinajstić information content (AvgIpc) is 3.27. The third kappa shape index (κ3) is 4.31. The Hall–Kier alpha value is -3.07. The number of H-pyrrole nitrogens is 1. The molecule has 3 rings (SSSR count). The van der Waals surface area contributed by atoms with Crippen molar-refractivity contribution in [2.45, 2.75) is 24.8 Å². The van der Waals surface area contributed by atoms with Crippen molar-refractivity contribution in [3.63, 3.8) is 0 Å². The number of aromatic amines is 1. The molecule has 3 aromatic rings. The molecule has 0 spiro atoms. The van der Waals surface area contributed by atoms with E-state index in [4.69, 9.17) is 4.42 Å². The van der Waals surface area contributed by atoms with Crippen molar-refractivity contribution >= 4 is 23.6 Å². The zero-order chi connectivity index (χ0) is 18.5. The molecule has 2 heterocycles. The van der Waals surface area contributed by atoms with Crippen LogP contribution in [-0.4, -0.2) is 27.0 Å². The summed E-state index contributed by atoms with van der Waals surface area (Å²) in [5, 5.41) is 7.29. The van der Waals surface area contributed by atoms with Gasteiger partial charge in [-0.2, -0.15) is 5.10 Å². The van der Waals surface area contributed by atoms with Crippen molar-refractivity contribution < 1.29 is 14.0 Å². The van der Waals surface area contributed by atoms with Gasteiger partial charge < -0.3 is 4.42 Å². The molecular formula is C17H17N5O3S. The standard InChI is InChI=1S/C17H17N5O3S/c1-10-7-14(11(2)25-10)16(24)21-20-15(23)13-5-3-12(4-6-13)8-26-17-18-9-19-22-17/h3-7,9H,8H2,1-2H3,(H,20,23)(H,21,24)(H,18,19,22). The maximum Gasteiger partial charge on any atom is 0.273 e. The van der Waals surface area contributed by atoms with Gasteiger partial charge in [-0.1, -0.05) is 23.9 Å². The minimum atomic E-state index is -0.423. The van der Waals surface area contributed by atoms with E-state index in [0.717, 1.165) is 10.7 Å². The van der Waals surface area contributed by atoms with Crippen LogP contribution in [0.25, 0.3) is 0 Å². The van der Waals surface area contributed by atoms with Crippen molar-refractivity contribution in [1.82, 2.24) is 26.0 Å². The molecule has 0 radical (unpaired) electrons. The highest BCUT2D eigenvalue weighted by Gasteiger charge is 2.14. The second-order valence-corrected chi connectivity index (χ2v) is 6.48. The molecule has 0 aliphatic heterocycles. The molecule has 8 nitrogen and oxygen atoms in total. The van der Waals surface area contributed by atoms with Gasteiger partial charge in [0.15, 0.2) is 5.16 Å². The Bertz CT molecular complexity index is 903. The van der Waals surface area contributed by atoms with Gasteiger partial charge in [-0.15, -0.1) is 0 Å². The van der Waals surface area contributed by atoms with Crippen molar-refractivity contribution in [2.24, 2.45) is 0 Å². The third-order valence-corrected chi connectivity index (χ3v) is 4.51. The molecule has 0 fully saturated rings. The second-order valence-electron chi connectivity index (χ2n) is 5.51. The molecule has 0 aliphatic rings. The monoisotopic (exact) mass is 371 g/mol. The van der Waals surface area contributed by atoms with Gasteiger partial charge in [0.05, 0.1) is 5.56 Å². The molecule has 2 aromatic heterocycles. The summed E-state index contributed by atoms with van der Waals surface area (Å²) in [7, 11) is 0. The molecule has 0 bridgehead atoms. The van der Waals surface area contributed by atoms with Crippen LogP contribution < -0.4 is 10.9 Å². The van der Waals surface area contributed by atoms with Gasteiger partial charge in [0, 0.05) is 11.3 Å². The van der Waals surface area contributed by atoms with Crippen LogP contribution in [0.5, 0.6) is 0 Å². The summed E-state index contributed by atoms with van der Waals surface area (Å²) in [6.45, 7) is 3.45. The van der Waals surface area contributed by atoms with Gasteiger partial charge in [-0.25, -0.2) is 4.98 Å². The molecule has 1 aromatic carbocycles. The molecule has 134 valence electrons. The first-order chi connectivity index (χ1) is 12.5. The lowest BCUT2D eigenvalue weighted by molar-refractivity contribution is 0.0845. The zero-order valence-electron chi connectivity index (χ0n) is 14.2. The molecule has 9 heteroatoms. The van der Waals surface area contributed by atoms with Gasteiger partial charge in [0.25, 0.3) is 11.8 Å². The van der Waals surface area contributed by atoms with Gasteiger partial charge in [-0.3, -0.25) is 25.5 Å². The van der Waals surface area contributed by atoms with E-state index < -0.39 is 11.8 Å². The zero-order valence-corrected chi connectivity index (χ0v) is 15.0. The number of nitrogens with one attached hydrogen (secondary N) is 3. The summed E-state index contributed by atoms with van der Waals surface area (Å²) in [6, 6.07) is 8.72. The van der Waals surface area contributed by atoms with Crippen LogP contribution in [0.1, 0.15) is 37.8 Å². The summed E-state index contributed by atoms with van der Waals surface area (Å²) in [6.07, 6.45) is 1.45. The first kappa shape index (κ1) is 17.7. The number of rotatable bonds is 5. The molecule has 0 aliphatic carbocycles. The first-order valence-corrected chi connectivity index (χ1v) is 8.76. The lowest BCUT2D eigenvalue weighted by Crippen LogP contribution is -2.41. The Kier molecular flexibility index (Phi) is 5.37. The van der Waals surface area contributed by atoms with E-state index >= 15 is 0 Å². The predicted molar refractivity (Wildman–Crippen MR) is 95.5 cm³/mol. The van der Waals surface area contributed by atoms with Crippen LogP contribution in [0.3, 0.4) is 0 Å².